The molecule has 4 rings (SSSR count). The first-order valence-corrected chi connectivity index (χ1v) is 8.63. The van der Waals surface area contributed by atoms with Gasteiger partial charge in [-0.2, -0.15) is 0 Å². The van der Waals surface area contributed by atoms with Crippen LogP contribution in [0.4, 0.5) is 0 Å². The Morgan fingerprint density at radius 3 is 2.15 bits per heavy atom. The number of hydrogen-bond acceptors (Lipinski definition) is 3. The van der Waals surface area contributed by atoms with Crippen molar-refractivity contribution in [2.24, 2.45) is 0 Å². The van der Waals surface area contributed by atoms with Crippen LogP contribution in [0.1, 0.15) is 44.9 Å². The van der Waals surface area contributed by atoms with E-state index in [4.69, 9.17) is 4.98 Å². The van der Waals surface area contributed by atoms with Crippen molar-refractivity contribution in [3.05, 3.63) is 77.1 Å². The van der Waals surface area contributed by atoms with Gasteiger partial charge in [0, 0.05) is 23.7 Å². The summed E-state index contributed by atoms with van der Waals surface area (Å²) in [7, 11) is 0. The zero-order valence-electron chi connectivity index (χ0n) is 14.7. The van der Waals surface area contributed by atoms with Crippen molar-refractivity contribution < 1.29 is 9.59 Å². The van der Waals surface area contributed by atoms with Crippen LogP contribution in [0.15, 0.2) is 54.6 Å². The summed E-state index contributed by atoms with van der Waals surface area (Å²) in [4.78, 5) is 34.5. The largest absolute Gasteiger partial charge is 0.342 e. The SMILES string of the molecule is Cc1[nH]c(-c2ccccc2)nc1C(C)CN1C(=O)c2ccccc2C1=O. The topological polar surface area (TPSA) is 66.1 Å². The lowest BCUT2D eigenvalue weighted by Gasteiger charge is -2.18. The molecule has 1 aliphatic rings. The summed E-state index contributed by atoms with van der Waals surface area (Å²) in [6, 6.07) is 16.9. The highest BCUT2D eigenvalue weighted by molar-refractivity contribution is 6.21. The second kappa shape index (κ2) is 6.26. The number of carbonyl (C=O) groups is 2. The van der Waals surface area contributed by atoms with Gasteiger partial charge in [0.25, 0.3) is 11.8 Å². The van der Waals surface area contributed by atoms with Crippen molar-refractivity contribution in [3.8, 4) is 11.4 Å². The number of fused-ring (bicyclic) bond motifs is 1. The fourth-order valence-electron chi connectivity index (χ4n) is 3.45. The minimum absolute atomic E-state index is 0.0640. The molecule has 0 radical (unpaired) electrons. The maximum absolute atomic E-state index is 12.6. The number of aromatic amines is 1. The summed E-state index contributed by atoms with van der Waals surface area (Å²) in [6.07, 6.45) is 0. The van der Waals surface area contributed by atoms with Crippen LogP contribution in [-0.2, 0) is 0 Å². The van der Waals surface area contributed by atoms with Crippen LogP contribution in [0.25, 0.3) is 11.4 Å². The smallest absolute Gasteiger partial charge is 0.261 e. The van der Waals surface area contributed by atoms with Crippen molar-refractivity contribution in [1.82, 2.24) is 14.9 Å². The van der Waals surface area contributed by atoms with Gasteiger partial charge in [0.05, 0.1) is 16.8 Å². The van der Waals surface area contributed by atoms with Crippen molar-refractivity contribution in [3.63, 3.8) is 0 Å². The fraction of sp³-hybridized carbons (Fsp3) is 0.190. The minimum atomic E-state index is -0.228. The van der Waals surface area contributed by atoms with Crippen LogP contribution in [0, 0.1) is 6.92 Å². The van der Waals surface area contributed by atoms with Crippen molar-refractivity contribution in [2.45, 2.75) is 19.8 Å². The number of aromatic nitrogens is 2. The van der Waals surface area contributed by atoms with Crippen molar-refractivity contribution in [1.29, 1.82) is 0 Å². The molecule has 2 aromatic carbocycles. The monoisotopic (exact) mass is 345 g/mol. The van der Waals surface area contributed by atoms with Gasteiger partial charge in [-0.25, -0.2) is 4.98 Å². The number of nitrogens with one attached hydrogen (secondary N) is 1. The fourth-order valence-corrected chi connectivity index (χ4v) is 3.45. The Morgan fingerprint density at radius 2 is 1.54 bits per heavy atom. The first-order valence-electron chi connectivity index (χ1n) is 8.63. The molecule has 5 nitrogen and oxygen atoms in total. The first-order chi connectivity index (χ1) is 12.6. The van der Waals surface area contributed by atoms with Gasteiger partial charge in [-0.1, -0.05) is 49.4 Å². The van der Waals surface area contributed by atoms with E-state index >= 15 is 0 Å². The standard InChI is InChI=1S/C21H19N3O2/c1-13(12-24-20(25)16-10-6-7-11-17(16)21(24)26)18-14(2)22-19(23-18)15-8-4-3-5-9-15/h3-11,13H,12H2,1-2H3,(H,22,23). The van der Waals surface area contributed by atoms with Gasteiger partial charge in [0.2, 0.25) is 0 Å². The van der Waals surface area contributed by atoms with E-state index in [2.05, 4.69) is 4.98 Å². The van der Waals surface area contributed by atoms with Crippen LogP contribution in [0.2, 0.25) is 0 Å². The summed E-state index contributed by atoms with van der Waals surface area (Å²) >= 11 is 0. The predicted octanol–water partition coefficient (Wildman–Crippen LogP) is 3.78. The number of aryl methyl sites for hydroxylation is 1. The number of hydrogen-bond donors (Lipinski definition) is 1. The molecule has 26 heavy (non-hydrogen) atoms. The number of rotatable bonds is 4. The predicted molar refractivity (Wildman–Crippen MR) is 99.0 cm³/mol. The van der Waals surface area contributed by atoms with Gasteiger partial charge in [-0.15, -0.1) is 0 Å². The molecule has 5 heteroatoms. The molecule has 0 saturated carbocycles. The zero-order chi connectivity index (χ0) is 18.3. The quantitative estimate of drug-likeness (QED) is 0.732. The molecule has 0 spiro atoms. The number of imidazole rings is 1. The second-order valence-corrected chi connectivity index (χ2v) is 6.63. The summed E-state index contributed by atoms with van der Waals surface area (Å²) in [5.41, 5.74) is 3.80. The van der Waals surface area contributed by atoms with Crippen LogP contribution < -0.4 is 0 Å². The Balaban J connectivity index is 1.58. The maximum Gasteiger partial charge on any atom is 0.261 e. The Kier molecular flexibility index (Phi) is 3.92. The number of benzene rings is 2. The third-order valence-electron chi connectivity index (χ3n) is 4.77. The summed E-state index contributed by atoms with van der Waals surface area (Å²) in [6.45, 7) is 4.27. The Hall–Kier alpha value is -3.21. The molecule has 0 fully saturated rings. The molecule has 0 saturated heterocycles. The molecule has 2 amide bonds. The zero-order valence-corrected chi connectivity index (χ0v) is 14.7. The van der Waals surface area contributed by atoms with Gasteiger partial charge in [-0.3, -0.25) is 14.5 Å². The molecular formula is C21H19N3O2. The number of H-pyrrole nitrogens is 1. The molecule has 1 atom stereocenters. The highest BCUT2D eigenvalue weighted by Crippen LogP contribution is 2.28. The lowest BCUT2D eigenvalue weighted by atomic mass is 10.1. The molecule has 0 aliphatic carbocycles. The van der Waals surface area contributed by atoms with E-state index in [-0.39, 0.29) is 17.7 Å². The highest BCUT2D eigenvalue weighted by atomic mass is 16.2. The third kappa shape index (κ3) is 2.62. The molecule has 1 N–H and O–H groups in total. The Labute approximate surface area is 151 Å². The summed E-state index contributed by atoms with van der Waals surface area (Å²) < 4.78 is 0. The van der Waals surface area contributed by atoms with Crippen LogP contribution in [-0.4, -0.2) is 33.2 Å². The van der Waals surface area contributed by atoms with Crippen LogP contribution >= 0.6 is 0 Å². The lowest BCUT2D eigenvalue weighted by molar-refractivity contribution is 0.0646. The van der Waals surface area contributed by atoms with Gasteiger partial charge < -0.3 is 4.98 Å². The molecular weight excluding hydrogens is 326 g/mol. The average Bonchev–Trinajstić information content (AvgIpc) is 3.17. The first kappa shape index (κ1) is 16.3. The lowest BCUT2D eigenvalue weighted by Crippen LogP contribution is -2.33. The second-order valence-electron chi connectivity index (χ2n) is 6.63. The summed E-state index contributed by atoms with van der Waals surface area (Å²) in [5, 5.41) is 0. The van der Waals surface area contributed by atoms with E-state index < -0.39 is 0 Å². The van der Waals surface area contributed by atoms with E-state index in [1.54, 1.807) is 24.3 Å². The van der Waals surface area contributed by atoms with Gasteiger partial charge in [0.15, 0.2) is 0 Å². The van der Waals surface area contributed by atoms with Crippen molar-refractivity contribution >= 4 is 11.8 Å². The van der Waals surface area contributed by atoms with Crippen molar-refractivity contribution in [2.75, 3.05) is 6.54 Å². The minimum Gasteiger partial charge on any atom is -0.342 e. The van der Waals surface area contributed by atoms with Crippen LogP contribution in [0.3, 0.4) is 0 Å². The summed E-state index contributed by atoms with van der Waals surface area (Å²) in [5.74, 6) is 0.279. The number of imide groups is 1. The molecule has 3 aromatic rings. The third-order valence-corrected chi connectivity index (χ3v) is 4.77. The number of nitrogens with zero attached hydrogens (tertiary/aromatic N) is 2. The number of amides is 2. The van der Waals surface area contributed by atoms with E-state index in [0.717, 1.165) is 22.8 Å². The van der Waals surface area contributed by atoms with Gasteiger partial charge in [-0.05, 0) is 19.1 Å². The van der Waals surface area contributed by atoms with E-state index in [1.165, 1.54) is 4.90 Å². The molecule has 2 heterocycles. The van der Waals surface area contributed by atoms with E-state index in [1.807, 2.05) is 44.2 Å². The molecule has 130 valence electrons. The maximum atomic E-state index is 12.6. The normalized spacial score (nSPS) is 14.6. The molecule has 1 aliphatic heterocycles. The Morgan fingerprint density at radius 1 is 0.962 bits per heavy atom. The highest BCUT2D eigenvalue weighted by Gasteiger charge is 2.36. The molecule has 1 unspecified atom stereocenters. The molecule has 1 aromatic heterocycles. The van der Waals surface area contributed by atoms with Crippen LogP contribution in [0.5, 0.6) is 0 Å². The average molecular weight is 345 g/mol. The van der Waals surface area contributed by atoms with E-state index in [9.17, 15) is 9.59 Å². The number of carbonyl (C=O) groups excluding carboxylic acids is 2. The molecule has 0 bridgehead atoms. The Bertz CT molecular complexity index is 957. The van der Waals surface area contributed by atoms with Gasteiger partial charge in [0.1, 0.15) is 5.82 Å². The van der Waals surface area contributed by atoms with Gasteiger partial charge >= 0.3 is 0 Å². The van der Waals surface area contributed by atoms with E-state index in [0.29, 0.717) is 17.7 Å².